The SMILES string of the molecule is O=S(=O)(Nc1cc(-c2ccc3ncc(CCCOc4ccccc4)nc3c2)cnc1Cl)c1ccc(F)cc1. The molecule has 0 aliphatic rings. The predicted octanol–water partition coefficient (Wildman–Crippen LogP) is 6.30. The first-order valence-corrected chi connectivity index (χ1v) is 13.6. The van der Waals surface area contributed by atoms with Crippen LogP contribution in [0, 0.1) is 5.82 Å². The van der Waals surface area contributed by atoms with E-state index >= 15 is 0 Å². The highest BCUT2D eigenvalue weighted by atomic mass is 35.5. The molecule has 3 aromatic carbocycles. The lowest BCUT2D eigenvalue weighted by molar-refractivity contribution is 0.310. The van der Waals surface area contributed by atoms with Crippen LogP contribution in [0.25, 0.3) is 22.2 Å². The summed E-state index contributed by atoms with van der Waals surface area (Å²) in [4.78, 5) is 13.3. The standard InChI is InChI=1S/C28H22ClFN4O3S/c29-28-27(34-38(35,36)24-11-9-21(30)10-12-24)16-20(17-32-28)19-8-13-25-26(15-19)33-22(18-31-25)5-4-14-37-23-6-2-1-3-7-23/h1-3,6-13,15-18,34H,4-5,14H2. The molecule has 0 aliphatic heterocycles. The summed E-state index contributed by atoms with van der Waals surface area (Å²) in [6, 6.07) is 21.3. The topological polar surface area (TPSA) is 94.1 Å². The molecular weight excluding hydrogens is 527 g/mol. The largest absolute Gasteiger partial charge is 0.494 e. The first-order chi connectivity index (χ1) is 18.4. The van der Waals surface area contributed by atoms with Gasteiger partial charge >= 0.3 is 0 Å². The summed E-state index contributed by atoms with van der Waals surface area (Å²) in [5.41, 5.74) is 3.78. The molecule has 0 radical (unpaired) electrons. The summed E-state index contributed by atoms with van der Waals surface area (Å²) in [6.07, 6.45) is 4.80. The summed E-state index contributed by atoms with van der Waals surface area (Å²) in [5, 5.41) is -0.0139. The lowest BCUT2D eigenvalue weighted by Gasteiger charge is -2.11. The molecule has 0 unspecified atom stereocenters. The maximum absolute atomic E-state index is 13.2. The Kier molecular flexibility index (Phi) is 7.48. The molecule has 0 atom stereocenters. The first-order valence-electron chi connectivity index (χ1n) is 11.8. The third-order valence-corrected chi connectivity index (χ3v) is 7.40. The second-order valence-corrected chi connectivity index (χ2v) is 10.5. The second kappa shape index (κ2) is 11.1. The highest BCUT2D eigenvalue weighted by Crippen LogP contribution is 2.30. The Morgan fingerprint density at radius 2 is 1.66 bits per heavy atom. The van der Waals surface area contributed by atoms with Crippen molar-refractivity contribution in [1.82, 2.24) is 15.0 Å². The number of hydrogen-bond acceptors (Lipinski definition) is 6. The van der Waals surface area contributed by atoms with Crippen LogP contribution in [0.3, 0.4) is 0 Å². The van der Waals surface area contributed by atoms with Gasteiger partial charge in [-0.1, -0.05) is 35.9 Å². The number of benzene rings is 3. The quantitative estimate of drug-likeness (QED) is 0.172. The van der Waals surface area contributed by atoms with E-state index in [4.69, 9.17) is 21.3 Å². The summed E-state index contributed by atoms with van der Waals surface area (Å²) in [5.74, 6) is 0.298. The van der Waals surface area contributed by atoms with Gasteiger partial charge in [0.1, 0.15) is 11.6 Å². The van der Waals surface area contributed by atoms with E-state index in [1.807, 2.05) is 48.5 Å². The van der Waals surface area contributed by atoms with E-state index in [-0.39, 0.29) is 15.7 Å². The van der Waals surface area contributed by atoms with Crippen molar-refractivity contribution in [2.24, 2.45) is 0 Å². The number of aryl methyl sites for hydroxylation is 1. The van der Waals surface area contributed by atoms with Crippen molar-refractivity contribution in [2.45, 2.75) is 17.7 Å². The number of nitrogens with one attached hydrogen (secondary N) is 1. The zero-order valence-electron chi connectivity index (χ0n) is 20.0. The highest BCUT2D eigenvalue weighted by Gasteiger charge is 2.17. The molecule has 0 spiro atoms. The monoisotopic (exact) mass is 548 g/mol. The third kappa shape index (κ3) is 6.07. The lowest BCUT2D eigenvalue weighted by Crippen LogP contribution is -2.13. The zero-order chi connectivity index (χ0) is 26.5. The van der Waals surface area contributed by atoms with Crippen LogP contribution in [0.5, 0.6) is 5.75 Å². The molecule has 5 rings (SSSR count). The molecular formula is C28H22ClFN4O3S. The predicted molar refractivity (Wildman–Crippen MR) is 145 cm³/mol. The smallest absolute Gasteiger partial charge is 0.261 e. The zero-order valence-corrected chi connectivity index (χ0v) is 21.6. The Balaban J connectivity index is 1.33. The number of hydrogen-bond donors (Lipinski definition) is 1. The molecule has 0 aliphatic carbocycles. The molecule has 0 amide bonds. The van der Waals surface area contributed by atoms with E-state index in [0.717, 1.165) is 41.1 Å². The molecule has 1 N–H and O–H groups in total. The van der Waals surface area contributed by atoms with Gasteiger partial charge in [0, 0.05) is 18.0 Å². The average Bonchev–Trinajstić information content (AvgIpc) is 2.92. The Morgan fingerprint density at radius 1 is 0.868 bits per heavy atom. The number of para-hydroxylation sites is 1. The Bertz CT molecular complexity index is 1680. The van der Waals surface area contributed by atoms with Crippen molar-refractivity contribution in [1.29, 1.82) is 0 Å². The molecule has 0 bridgehead atoms. The minimum atomic E-state index is -3.99. The van der Waals surface area contributed by atoms with Gasteiger partial charge in [0.05, 0.1) is 33.9 Å². The van der Waals surface area contributed by atoms with Crippen LogP contribution in [-0.2, 0) is 16.4 Å². The number of anilines is 1. The van der Waals surface area contributed by atoms with Crippen molar-refractivity contribution in [3.63, 3.8) is 0 Å². The van der Waals surface area contributed by atoms with Crippen LogP contribution in [0.15, 0.2) is 96.2 Å². The van der Waals surface area contributed by atoms with E-state index in [2.05, 4.69) is 14.7 Å². The van der Waals surface area contributed by atoms with Gasteiger partial charge < -0.3 is 4.74 Å². The molecule has 10 heteroatoms. The van der Waals surface area contributed by atoms with Crippen molar-refractivity contribution < 1.29 is 17.5 Å². The number of fused-ring (bicyclic) bond motifs is 1. The fourth-order valence-electron chi connectivity index (χ4n) is 3.80. The molecule has 192 valence electrons. The maximum atomic E-state index is 13.2. The Labute approximate surface area is 224 Å². The molecule has 5 aromatic rings. The van der Waals surface area contributed by atoms with Crippen molar-refractivity contribution in [3.8, 4) is 16.9 Å². The van der Waals surface area contributed by atoms with Crippen molar-refractivity contribution in [2.75, 3.05) is 11.3 Å². The molecule has 0 saturated heterocycles. The van der Waals surface area contributed by atoms with Gasteiger partial charge in [0.15, 0.2) is 5.15 Å². The van der Waals surface area contributed by atoms with Gasteiger partial charge in [-0.15, -0.1) is 0 Å². The van der Waals surface area contributed by atoms with E-state index < -0.39 is 15.8 Å². The van der Waals surface area contributed by atoms with Gasteiger partial charge in [-0.3, -0.25) is 9.71 Å². The van der Waals surface area contributed by atoms with E-state index in [1.165, 1.54) is 12.1 Å². The molecule has 7 nitrogen and oxygen atoms in total. The summed E-state index contributed by atoms with van der Waals surface area (Å²) >= 11 is 6.19. The Hall–Kier alpha value is -4.08. The first kappa shape index (κ1) is 25.6. The molecule has 2 aromatic heterocycles. The van der Waals surface area contributed by atoms with Crippen LogP contribution in [0.2, 0.25) is 5.15 Å². The van der Waals surface area contributed by atoms with Crippen LogP contribution < -0.4 is 9.46 Å². The maximum Gasteiger partial charge on any atom is 0.261 e. The lowest BCUT2D eigenvalue weighted by atomic mass is 10.1. The van der Waals surface area contributed by atoms with Gasteiger partial charge in [-0.2, -0.15) is 0 Å². The Morgan fingerprint density at radius 3 is 2.45 bits per heavy atom. The fraction of sp³-hybridized carbons (Fsp3) is 0.107. The number of aromatic nitrogens is 3. The second-order valence-electron chi connectivity index (χ2n) is 8.45. The van der Waals surface area contributed by atoms with Crippen LogP contribution >= 0.6 is 11.6 Å². The number of ether oxygens (including phenoxy) is 1. The van der Waals surface area contributed by atoms with Gasteiger partial charge in [-0.05, 0) is 73.0 Å². The number of halogens is 2. The number of pyridine rings is 1. The number of sulfonamides is 1. The molecule has 2 heterocycles. The number of rotatable bonds is 9. The normalized spacial score (nSPS) is 11.4. The van der Waals surface area contributed by atoms with Gasteiger partial charge in [0.25, 0.3) is 10.0 Å². The molecule has 0 saturated carbocycles. The van der Waals surface area contributed by atoms with E-state index in [1.54, 1.807) is 18.5 Å². The summed E-state index contributed by atoms with van der Waals surface area (Å²) < 4.78 is 46.9. The van der Waals surface area contributed by atoms with E-state index in [0.29, 0.717) is 24.1 Å². The van der Waals surface area contributed by atoms with E-state index in [9.17, 15) is 12.8 Å². The minimum absolute atomic E-state index is 0.0139. The van der Waals surface area contributed by atoms with Gasteiger partial charge in [-0.25, -0.2) is 22.8 Å². The van der Waals surface area contributed by atoms with Crippen LogP contribution in [0.4, 0.5) is 10.1 Å². The van der Waals surface area contributed by atoms with Gasteiger partial charge in [0.2, 0.25) is 0 Å². The average molecular weight is 549 g/mol. The minimum Gasteiger partial charge on any atom is -0.494 e. The van der Waals surface area contributed by atoms with Crippen molar-refractivity contribution in [3.05, 3.63) is 108 Å². The summed E-state index contributed by atoms with van der Waals surface area (Å²) in [6.45, 7) is 0.566. The summed E-state index contributed by atoms with van der Waals surface area (Å²) in [7, 11) is -3.99. The molecule has 38 heavy (non-hydrogen) atoms. The number of nitrogens with zero attached hydrogens (tertiary/aromatic N) is 3. The highest BCUT2D eigenvalue weighted by molar-refractivity contribution is 7.92. The molecule has 0 fully saturated rings. The van der Waals surface area contributed by atoms with Crippen molar-refractivity contribution >= 4 is 38.3 Å². The van der Waals surface area contributed by atoms with Crippen LogP contribution in [0.1, 0.15) is 12.1 Å². The fourth-order valence-corrected chi connectivity index (χ4v) is 5.07. The third-order valence-electron chi connectivity index (χ3n) is 5.72. The van der Waals surface area contributed by atoms with Crippen LogP contribution in [-0.4, -0.2) is 30.0 Å².